The number of rotatable bonds is 1. The van der Waals surface area contributed by atoms with Gasteiger partial charge in [0.1, 0.15) is 10.3 Å². The zero-order valence-electron chi connectivity index (χ0n) is 11.9. The Balaban J connectivity index is 1.68. The molecule has 2 saturated heterocycles. The number of amides is 2. The van der Waals surface area contributed by atoms with Gasteiger partial charge in [-0.2, -0.15) is 0 Å². The number of halogens is 2. The molecule has 21 heavy (non-hydrogen) atoms. The first kappa shape index (κ1) is 14.9. The molecule has 2 bridgehead atoms. The molecule has 1 aromatic heterocycles. The summed E-state index contributed by atoms with van der Waals surface area (Å²) in [7, 11) is 2.16. The van der Waals surface area contributed by atoms with E-state index in [9.17, 15) is 4.79 Å². The van der Waals surface area contributed by atoms with Crippen molar-refractivity contribution in [3.63, 3.8) is 0 Å². The van der Waals surface area contributed by atoms with Gasteiger partial charge in [0.05, 0.1) is 0 Å². The van der Waals surface area contributed by atoms with Crippen molar-refractivity contribution in [1.29, 1.82) is 0 Å². The van der Waals surface area contributed by atoms with E-state index in [1.807, 2.05) is 4.90 Å². The van der Waals surface area contributed by atoms with E-state index in [1.165, 1.54) is 6.42 Å². The topological polar surface area (TPSA) is 48.5 Å². The summed E-state index contributed by atoms with van der Waals surface area (Å²) in [6.45, 7) is 1.55. The summed E-state index contributed by atoms with van der Waals surface area (Å²) >= 11 is 11.7. The van der Waals surface area contributed by atoms with Crippen LogP contribution < -0.4 is 5.32 Å². The fourth-order valence-corrected chi connectivity index (χ4v) is 3.69. The summed E-state index contributed by atoms with van der Waals surface area (Å²) < 4.78 is 0. The summed E-state index contributed by atoms with van der Waals surface area (Å²) in [6, 6.07) is 4.17. The number of fused-ring (bicyclic) bond motifs is 2. The maximum Gasteiger partial charge on any atom is 0.321 e. The van der Waals surface area contributed by atoms with Crippen LogP contribution in [-0.4, -0.2) is 53.0 Å². The Labute approximate surface area is 134 Å². The third kappa shape index (κ3) is 3.25. The fourth-order valence-electron chi connectivity index (χ4n) is 3.23. The summed E-state index contributed by atoms with van der Waals surface area (Å²) in [5.41, 5.74) is 0.577. The average Bonchev–Trinajstić information content (AvgIpc) is 2.61. The quantitative estimate of drug-likeness (QED) is 0.806. The number of hydrogen-bond acceptors (Lipinski definition) is 3. The van der Waals surface area contributed by atoms with E-state index in [-0.39, 0.29) is 16.3 Å². The van der Waals surface area contributed by atoms with Crippen molar-refractivity contribution >= 4 is 34.9 Å². The van der Waals surface area contributed by atoms with Gasteiger partial charge in [0, 0.05) is 30.9 Å². The van der Waals surface area contributed by atoms with Crippen LogP contribution >= 0.6 is 23.2 Å². The zero-order valence-corrected chi connectivity index (χ0v) is 13.4. The van der Waals surface area contributed by atoms with Crippen molar-refractivity contribution in [2.75, 3.05) is 25.5 Å². The molecule has 114 valence electrons. The summed E-state index contributed by atoms with van der Waals surface area (Å²) in [4.78, 5) is 20.6. The van der Waals surface area contributed by atoms with Crippen molar-refractivity contribution in [3.05, 3.63) is 22.4 Å². The van der Waals surface area contributed by atoms with Gasteiger partial charge in [-0.25, -0.2) is 9.78 Å². The van der Waals surface area contributed by atoms with Gasteiger partial charge in [-0.15, -0.1) is 0 Å². The Morgan fingerprint density at radius 3 is 2.62 bits per heavy atom. The molecule has 0 saturated carbocycles. The molecule has 2 aliphatic heterocycles. The van der Waals surface area contributed by atoms with Gasteiger partial charge in [0.25, 0.3) is 0 Å². The number of likely N-dealkylation sites (tertiary alicyclic amines) is 1. The monoisotopic (exact) mass is 328 g/mol. The number of hydrogen-bond donors (Lipinski definition) is 1. The molecule has 0 aliphatic carbocycles. The van der Waals surface area contributed by atoms with Crippen LogP contribution in [0.4, 0.5) is 10.5 Å². The van der Waals surface area contributed by atoms with Crippen LogP contribution in [0.25, 0.3) is 0 Å². The van der Waals surface area contributed by atoms with Gasteiger partial charge < -0.3 is 10.2 Å². The molecular formula is C14H18Cl2N4O. The lowest BCUT2D eigenvalue weighted by Crippen LogP contribution is -2.41. The SMILES string of the molecule is CN1[C@@H]2CC[C@H]1CN(C(=O)Nc1cc(Cl)nc(Cl)c1)CC2. The smallest absolute Gasteiger partial charge is 0.321 e. The second-order valence-corrected chi connectivity index (χ2v) is 6.49. The number of urea groups is 1. The molecule has 1 aromatic rings. The van der Waals surface area contributed by atoms with Crippen molar-refractivity contribution < 1.29 is 4.79 Å². The van der Waals surface area contributed by atoms with E-state index in [2.05, 4.69) is 22.2 Å². The maximum atomic E-state index is 12.4. The largest absolute Gasteiger partial charge is 0.323 e. The number of nitrogens with zero attached hydrogens (tertiary/aromatic N) is 3. The number of nitrogens with one attached hydrogen (secondary N) is 1. The first-order chi connectivity index (χ1) is 10.0. The molecule has 3 rings (SSSR count). The van der Waals surface area contributed by atoms with Crippen LogP contribution in [0.5, 0.6) is 0 Å². The maximum absolute atomic E-state index is 12.4. The van der Waals surface area contributed by atoms with E-state index >= 15 is 0 Å². The fraction of sp³-hybridized carbons (Fsp3) is 0.571. The normalized spacial score (nSPS) is 25.8. The minimum Gasteiger partial charge on any atom is -0.323 e. The Bertz CT molecular complexity index is 534. The van der Waals surface area contributed by atoms with Gasteiger partial charge >= 0.3 is 6.03 Å². The Hall–Kier alpha value is -1.04. The summed E-state index contributed by atoms with van der Waals surface area (Å²) in [5.74, 6) is 0. The summed E-state index contributed by atoms with van der Waals surface area (Å²) in [5, 5.41) is 3.40. The van der Waals surface area contributed by atoms with E-state index in [0.717, 1.165) is 25.9 Å². The van der Waals surface area contributed by atoms with Crippen LogP contribution in [0.15, 0.2) is 12.1 Å². The van der Waals surface area contributed by atoms with E-state index in [0.29, 0.717) is 17.8 Å². The average molecular weight is 329 g/mol. The molecule has 2 aliphatic rings. The standard InChI is InChI=1S/C14H18Cl2N4O/c1-19-10-2-3-11(19)8-20(5-4-10)14(21)17-9-6-12(15)18-13(16)7-9/h6-7,10-11H,2-5,8H2,1H3,(H,17,18,21)/t10-,11+/m1/s1. The number of likely N-dealkylation sites (N-methyl/N-ethyl adjacent to an activating group) is 1. The number of anilines is 1. The van der Waals surface area contributed by atoms with Gasteiger partial charge in [0.15, 0.2) is 0 Å². The number of carbonyl (C=O) groups excluding carboxylic acids is 1. The van der Waals surface area contributed by atoms with Crippen molar-refractivity contribution in [1.82, 2.24) is 14.8 Å². The molecule has 2 fully saturated rings. The number of aromatic nitrogens is 1. The third-order valence-electron chi connectivity index (χ3n) is 4.45. The Morgan fingerprint density at radius 1 is 1.24 bits per heavy atom. The molecule has 0 radical (unpaired) electrons. The van der Waals surface area contributed by atoms with E-state index in [1.54, 1.807) is 12.1 Å². The van der Waals surface area contributed by atoms with Crippen LogP contribution in [0.2, 0.25) is 10.3 Å². The zero-order chi connectivity index (χ0) is 15.0. The van der Waals surface area contributed by atoms with Crippen molar-refractivity contribution in [3.8, 4) is 0 Å². The highest BCUT2D eigenvalue weighted by Crippen LogP contribution is 2.28. The molecular weight excluding hydrogens is 311 g/mol. The second kappa shape index (κ2) is 5.99. The van der Waals surface area contributed by atoms with Crippen LogP contribution in [0.1, 0.15) is 19.3 Å². The highest BCUT2D eigenvalue weighted by atomic mass is 35.5. The number of pyridine rings is 1. The van der Waals surface area contributed by atoms with Crippen LogP contribution in [-0.2, 0) is 0 Å². The van der Waals surface area contributed by atoms with Gasteiger partial charge in [-0.05, 0) is 38.4 Å². The third-order valence-corrected chi connectivity index (χ3v) is 4.84. The van der Waals surface area contributed by atoms with Crippen LogP contribution in [0, 0.1) is 0 Å². The second-order valence-electron chi connectivity index (χ2n) is 5.72. The Kier molecular flexibility index (Phi) is 4.24. The lowest BCUT2D eigenvalue weighted by Gasteiger charge is -2.26. The molecule has 0 unspecified atom stereocenters. The lowest BCUT2D eigenvalue weighted by atomic mass is 10.1. The molecule has 0 spiro atoms. The van der Waals surface area contributed by atoms with Crippen molar-refractivity contribution in [2.45, 2.75) is 31.3 Å². The van der Waals surface area contributed by atoms with Gasteiger partial charge in [0.2, 0.25) is 0 Å². The highest BCUT2D eigenvalue weighted by molar-refractivity contribution is 6.32. The van der Waals surface area contributed by atoms with Crippen molar-refractivity contribution in [2.24, 2.45) is 0 Å². The first-order valence-corrected chi connectivity index (χ1v) is 7.89. The summed E-state index contributed by atoms with van der Waals surface area (Å²) in [6.07, 6.45) is 3.43. The molecule has 2 atom stereocenters. The highest BCUT2D eigenvalue weighted by Gasteiger charge is 2.35. The molecule has 2 amide bonds. The molecule has 7 heteroatoms. The predicted octanol–water partition coefficient (Wildman–Crippen LogP) is 3.09. The van der Waals surface area contributed by atoms with Gasteiger partial charge in [-0.1, -0.05) is 23.2 Å². The van der Waals surface area contributed by atoms with E-state index in [4.69, 9.17) is 23.2 Å². The van der Waals surface area contributed by atoms with Gasteiger partial charge in [-0.3, -0.25) is 4.90 Å². The minimum absolute atomic E-state index is 0.103. The predicted molar refractivity (Wildman–Crippen MR) is 84.0 cm³/mol. The lowest BCUT2D eigenvalue weighted by molar-refractivity contribution is 0.200. The van der Waals surface area contributed by atoms with E-state index < -0.39 is 0 Å². The molecule has 3 heterocycles. The molecule has 1 N–H and O–H groups in total. The first-order valence-electron chi connectivity index (χ1n) is 7.14. The molecule has 0 aromatic carbocycles. The molecule has 5 nitrogen and oxygen atoms in total. The Morgan fingerprint density at radius 2 is 1.90 bits per heavy atom. The number of carbonyl (C=O) groups is 1. The minimum atomic E-state index is -0.103. The van der Waals surface area contributed by atoms with Crippen LogP contribution in [0.3, 0.4) is 0 Å².